The molecule has 2 heterocycles. The predicted octanol–water partition coefficient (Wildman–Crippen LogP) is 1.39. The van der Waals surface area contributed by atoms with Gasteiger partial charge in [-0.05, 0) is 30.7 Å². The van der Waals surface area contributed by atoms with Crippen molar-refractivity contribution in [1.82, 2.24) is 4.98 Å². The van der Waals surface area contributed by atoms with Gasteiger partial charge in [0.05, 0.1) is 17.5 Å². The predicted molar refractivity (Wildman–Crippen MR) is 92.1 cm³/mol. The third kappa shape index (κ3) is 4.08. The molecule has 1 aliphatic heterocycles. The van der Waals surface area contributed by atoms with Crippen molar-refractivity contribution >= 4 is 27.4 Å². The van der Waals surface area contributed by atoms with E-state index in [0.717, 1.165) is 0 Å². The van der Waals surface area contributed by atoms with Crippen LogP contribution in [0.3, 0.4) is 0 Å². The molecule has 1 N–H and O–H groups in total. The first-order valence-electron chi connectivity index (χ1n) is 7.84. The summed E-state index contributed by atoms with van der Waals surface area (Å²) in [4.78, 5) is 28.7. The third-order valence-corrected chi connectivity index (χ3v) is 5.77. The number of aromatic amines is 1. The number of hydrogen-bond donors (Lipinski definition) is 1. The first-order chi connectivity index (χ1) is 12.0. The Morgan fingerprint density at radius 1 is 1.16 bits per heavy atom. The summed E-state index contributed by atoms with van der Waals surface area (Å²) in [5, 5.41) is 0. The molecule has 0 aliphatic carbocycles. The number of carbonyl (C=O) groups excluding carboxylic acids is 2. The van der Waals surface area contributed by atoms with E-state index in [-0.39, 0.29) is 17.2 Å². The number of amides is 1. The minimum absolute atomic E-state index is 0.0521. The molecule has 0 saturated carbocycles. The zero-order valence-electron chi connectivity index (χ0n) is 13.4. The van der Waals surface area contributed by atoms with E-state index in [1.165, 1.54) is 4.90 Å². The minimum atomic E-state index is -3.16. The molecule has 0 bridgehead atoms. The van der Waals surface area contributed by atoms with Gasteiger partial charge in [-0.15, -0.1) is 0 Å². The monoisotopic (exact) mass is 362 g/mol. The lowest BCUT2D eigenvalue weighted by Gasteiger charge is -2.28. The van der Waals surface area contributed by atoms with E-state index in [4.69, 9.17) is 4.74 Å². The highest BCUT2D eigenvalue weighted by atomic mass is 32.2. The van der Waals surface area contributed by atoms with Crippen molar-refractivity contribution in [2.45, 2.75) is 12.5 Å². The smallest absolute Gasteiger partial charge is 0.355 e. The van der Waals surface area contributed by atoms with Crippen LogP contribution in [0.5, 0.6) is 0 Å². The minimum Gasteiger partial charge on any atom is -0.451 e. The number of aromatic nitrogens is 1. The number of sulfone groups is 1. The molecule has 1 aliphatic rings. The Bertz CT molecular complexity index is 846. The molecule has 1 aromatic heterocycles. The lowest BCUT2D eigenvalue weighted by Crippen LogP contribution is -2.43. The van der Waals surface area contributed by atoms with E-state index in [9.17, 15) is 18.0 Å². The molecule has 1 saturated heterocycles. The van der Waals surface area contributed by atoms with Crippen molar-refractivity contribution in [3.63, 3.8) is 0 Å². The van der Waals surface area contributed by atoms with E-state index in [1.807, 2.05) is 6.07 Å². The SMILES string of the molecule is O=C(OCC(=O)N(c1ccccc1)[C@H]1CCS(=O)(=O)C1)c1ccc[nH]1. The molecule has 0 radical (unpaired) electrons. The van der Waals surface area contributed by atoms with Crippen LogP contribution >= 0.6 is 0 Å². The van der Waals surface area contributed by atoms with Gasteiger partial charge in [-0.25, -0.2) is 13.2 Å². The average molecular weight is 362 g/mol. The Hall–Kier alpha value is -2.61. The van der Waals surface area contributed by atoms with Crippen LogP contribution in [0.1, 0.15) is 16.9 Å². The van der Waals surface area contributed by atoms with Gasteiger partial charge in [-0.2, -0.15) is 0 Å². The van der Waals surface area contributed by atoms with Crippen LogP contribution in [0, 0.1) is 0 Å². The number of benzene rings is 1. The van der Waals surface area contributed by atoms with Crippen LogP contribution in [-0.4, -0.2) is 49.4 Å². The molecular formula is C17H18N2O5S. The van der Waals surface area contributed by atoms with Gasteiger partial charge in [-0.1, -0.05) is 18.2 Å². The second-order valence-corrected chi connectivity index (χ2v) is 8.04. The number of ether oxygens (including phenoxy) is 1. The molecule has 0 spiro atoms. The summed E-state index contributed by atoms with van der Waals surface area (Å²) in [5.74, 6) is -1.12. The number of nitrogens with one attached hydrogen (secondary N) is 1. The van der Waals surface area contributed by atoms with Crippen molar-refractivity contribution in [1.29, 1.82) is 0 Å². The summed E-state index contributed by atoms with van der Waals surface area (Å²) in [7, 11) is -3.16. The number of para-hydroxylation sites is 1. The fourth-order valence-corrected chi connectivity index (χ4v) is 4.56. The maximum Gasteiger partial charge on any atom is 0.355 e. The standard InChI is InChI=1S/C17H18N2O5S/c20-16(11-24-17(21)15-7-4-9-18-15)19(13-5-2-1-3-6-13)14-8-10-25(22,23)12-14/h1-7,9,14,18H,8,10-12H2/t14-/m0/s1. The van der Waals surface area contributed by atoms with Gasteiger partial charge in [0.25, 0.3) is 5.91 Å². The Balaban J connectivity index is 1.75. The number of anilines is 1. The summed E-state index contributed by atoms with van der Waals surface area (Å²) in [6.07, 6.45) is 1.95. The summed E-state index contributed by atoms with van der Waals surface area (Å²) in [6.45, 7) is -0.455. The lowest BCUT2D eigenvalue weighted by atomic mass is 10.2. The van der Waals surface area contributed by atoms with Crippen LogP contribution in [0.4, 0.5) is 5.69 Å². The number of carbonyl (C=O) groups is 2. The molecule has 25 heavy (non-hydrogen) atoms. The fourth-order valence-electron chi connectivity index (χ4n) is 2.86. The molecule has 1 aromatic carbocycles. The largest absolute Gasteiger partial charge is 0.451 e. The molecule has 3 rings (SSSR count). The van der Waals surface area contributed by atoms with E-state index < -0.39 is 34.4 Å². The lowest BCUT2D eigenvalue weighted by molar-refractivity contribution is -0.122. The van der Waals surface area contributed by atoms with Gasteiger partial charge in [0.1, 0.15) is 5.69 Å². The Labute approximate surface area is 145 Å². The van der Waals surface area contributed by atoms with E-state index in [2.05, 4.69) is 4.98 Å². The van der Waals surface area contributed by atoms with Crippen LogP contribution in [0.25, 0.3) is 0 Å². The first-order valence-corrected chi connectivity index (χ1v) is 9.66. The van der Waals surface area contributed by atoms with E-state index in [0.29, 0.717) is 12.1 Å². The molecule has 1 amide bonds. The van der Waals surface area contributed by atoms with Crippen molar-refractivity contribution in [2.75, 3.05) is 23.0 Å². The second-order valence-electron chi connectivity index (χ2n) is 5.82. The third-order valence-electron chi connectivity index (χ3n) is 4.02. The number of hydrogen-bond acceptors (Lipinski definition) is 5. The van der Waals surface area contributed by atoms with Gasteiger partial charge in [0.2, 0.25) is 0 Å². The van der Waals surface area contributed by atoms with Crippen LogP contribution in [0.15, 0.2) is 48.7 Å². The van der Waals surface area contributed by atoms with Crippen molar-refractivity contribution in [2.24, 2.45) is 0 Å². The summed E-state index contributed by atoms with van der Waals surface area (Å²) in [5.41, 5.74) is 0.841. The zero-order chi connectivity index (χ0) is 17.9. The molecule has 8 heteroatoms. The quantitative estimate of drug-likeness (QED) is 0.811. The van der Waals surface area contributed by atoms with Crippen LogP contribution < -0.4 is 4.90 Å². The molecule has 1 fully saturated rings. The second kappa shape index (κ2) is 7.10. The van der Waals surface area contributed by atoms with Gasteiger partial charge >= 0.3 is 5.97 Å². The van der Waals surface area contributed by atoms with E-state index in [1.54, 1.807) is 42.6 Å². The average Bonchev–Trinajstić information content (AvgIpc) is 3.24. The molecule has 7 nitrogen and oxygen atoms in total. The zero-order valence-corrected chi connectivity index (χ0v) is 14.2. The topological polar surface area (TPSA) is 96.5 Å². The highest BCUT2D eigenvalue weighted by Gasteiger charge is 2.35. The fraction of sp³-hybridized carbons (Fsp3) is 0.294. The first kappa shape index (κ1) is 17.2. The van der Waals surface area contributed by atoms with Crippen LogP contribution in [0.2, 0.25) is 0 Å². The number of rotatable bonds is 5. The maximum absolute atomic E-state index is 12.7. The van der Waals surface area contributed by atoms with Gasteiger partial charge in [0, 0.05) is 11.9 Å². The molecular weight excluding hydrogens is 344 g/mol. The molecule has 2 aromatic rings. The van der Waals surface area contributed by atoms with Crippen molar-refractivity contribution in [3.05, 3.63) is 54.4 Å². The van der Waals surface area contributed by atoms with Gasteiger partial charge in [-0.3, -0.25) is 4.79 Å². The Morgan fingerprint density at radius 3 is 2.52 bits per heavy atom. The van der Waals surface area contributed by atoms with Gasteiger partial charge in [0.15, 0.2) is 16.4 Å². The highest BCUT2D eigenvalue weighted by Crippen LogP contribution is 2.24. The summed E-state index contributed by atoms with van der Waals surface area (Å²) >= 11 is 0. The molecule has 132 valence electrons. The highest BCUT2D eigenvalue weighted by molar-refractivity contribution is 7.91. The number of esters is 1. The normalized spacial score (nSPS) is 18.6. The molecule has 0 unspecified atom stereocenters. The molecule has 1 atom stereocenters. The maximum atomic E-state index is 12.7. The Kier molecular flexibility index (Phi) is 4.89. The summed E-state index contributed by atoms with van der Waals surface area (Å²) in [6, 6.07) is 11.6. The summed E-state index contributed by atoms with van der Waals surface area (Å²) < 4.78 is 28.6. The number of nitrogens with zero attached hydrogens (tertiary/aromatic N) is 1. The van der Waals surface area contributed by atoms with Gasteiger partial charge < -0.3 is 14.6 Å². The van der Waals surface area contributed by atoms with Crippen molar-refractivity contribution < 1.29 is 22.7 Å². The Morgan fingerprint density at radius 2 is 1.92 bits per heavy atom. The number of H-pyrrole nitrogens is 1. The van der Waals surface area contributed by atoms with Crippen molar-refractivity contribution in [3.8, 4) is 0 Å². The van der Waals surface area contributed by atoms with E-state index >= 15 is 0 Å². The van der Waals surface area contributed by atoms with Crippen LogP contribution in [-0.2, 0) is 19.4 Å².